The monoisotopic (exact) mass is 224 g/mol. The van der Waals surface area contributed by atoms with Crippen LogP contribution in [0.3, 0.4) is 0 Å². The van der Waals surface area contributed by atoms with Crippen LogP contribution >= 0.6 is 0 Å². The summed E-state index contributed by atoms with van der Waals surface area (Å²) in [4.78, 5) is 10.6. The number of aliphatic hydroxyl groups excluding tert-OH is 1. The molecule has 0 amide bonds. The van der Waals surface area contributed by atoms with Crippen LogP contribution in [0.5, 0.6) is 5.75 Å². The highest BCUT2D eigenvalue weighted by Crippen LogP contribution is 2.23. The fourth-order valence-electron chi connectivity index (χ4n) is 1.37. The average Bonchev–Trinajstić information content (AvgIpc) is 2.19. The van der Waals surface area contributed by atoms with E-state index in [9.17, 15) is 9.90 Å². The highest BCUT2D eigenvalue weighted by Gasteiger charge is 2.16. The van der Waals surface area contributed by atoms with Crippen LogP contribution in [-0.4, -0.2) is 22.3 Å². The molecule has 0 saturated heterocycles. The minimum atomic E-state index is -1.48. The Morgan fingerprint density at radius 2 is 2.00 bits per heavy atom. The van der Waals surface area contributed by atoms with Gasteiger partial charge in [0.25, 0.3) is 0 Å². The van der Waals surface area contributed by atoms with E-state index >= 15 is 0 Å². The summed E-state index contributed by atoms with van der Waals surface area (Å²) in [5.74, 6) is -0.548. The molecule has 0 aliphatic heterocycles. The summed E-state index contributed by atoms with van der Waals surface area (Å²) in [7, 11) is 0. The van der Waals surface area contributed by atoms with Crippen LogP contribution in [0.1, 0.15) is 31.1 Å². The lowest BCUT2D eigenvalue weighted by Gasteiger charge is -2.14. The molecule has 0 fully saturated rings. The van der Waals surface area contributed by atoms with Crippen molar-refractivity contribution in [3.8, 4) is 5.75 Å². The highest BCUT2D eigenvalue weighted by molar-refractivity contribution is 5.74. The quantitative estimate of drug-likeness (QED) is 0.819. The van der Waals surface area contributed by atoms with Gasteiger partial charge in [-0.1, -0.05) is 6.07 Å². The van der Waals surface area contributed by atoms with Crippen molar-refractivity contribution in [1.29, 1.82) is 0 Å². The molecule has 0 bridgehead atoms. The molecule has 0 aliphatic rings. The van der Waals surface area contributed by atoms with Gasteiger partial charge in [0.05, 0.1) is 6.10 Å². The van der Waals surface area contributed by atoms with Crippen molar-refractivity contribution < 1.29 is 19.7 Å². The van der Waals surface area contributed by atoms with E-state index < -0.39 is 12.1 Å². The molecule has 0 aromatic heterocycles. The number of aliphatic carboxylic acids is 1. The lowest BCUT2D eigenvalue weighted by Crippen LogP contribution is -2.11. The maximum atomic E-state index is 10.6. The van der Waals surface area contributed by atoms with Gasteiger partial charge < -0.3 is 14.9 Å². The van der Waals surface area contributed by atoms with Crippen molar-refractivity contribution in [3.63, 3.8) is 0 Å². The molecule has 88 valence electrons. The fraction of sp³-hybridized carbons (Fsp3) is 0.417. The van der Waals surface area contributed by atoms with Crippen LogP contribution < -0.4 is 4.74 Å². The van der Waals surface area contributed by atoms with Crippen LogP contribution in [0.2, 0.25) is 0 Å². The van der Waals surface area contributed by atoms with Crippen LogP contribution in [0, 0.1) is 6.92 Å². The lowest BCUT2D eigenvalue weighted by atomic mass is 10.1. The van der Waals surface area contributed by atoms with E-state index in [1.54, 1.807) is 18.2 Å². The predicted octanol–water partition coefficient (Wildman–Crippen LogP) is 1.90. The van der Waals surface area contributed by atoms with Crippen molar-refractivity contribution in [2.75, 3.05) is 0 Å². The Balaban J connectivity index is 2.95. The normalized spacial score (nSPS) is 12.6. The first kappa shape index (κ1) is 12.5. The van der Waals surface area contributed by atoms with Gasteiger partial charge in [-0.15, -0.1) is 0 Å². The van der Waals surface area contributed by atoms with Gasteiger partial charge in [0.15, 0.2) is 6.10 Å². The summed E-state index contributed by atoms with van der Waals surface area (Å²) in [6, 6.07) is 4.86. The van der Waals surface area contributed by atoms with E-state index in [2.05, 4.69) is 0 Å². The second-order valence-corrected chi connectivity index (χ2v) is 3.93. The zero-order valence-electron chi connectivity index (χ0n) is 9.60. The van der Waals surface area contributed by atoms with Gasteiger partial charge in [-0.05, 0) is 44.0 Å². The van der Waals surface area contributed by atoms with Crippen LogP contribution in [-0.2, 0) is 4.79 Å². The SMILES string of the molecule is Cc1cc(C(O)C(=O)O)ccc1OC(C)C. The molecule has 4 heteroatoms. The maximum absolute atomic E-state index is 10.6. The molecule has 0 aliphatic carbocycles. The second-order valence-electron chi connectivity index (χ2n) is 3.93. The number of hydrogen-bond acceptors (Lipinski definition) is 3. The summed E-state index contributed by atoms with van der Waals surface area (Å²) in [6.07, 6.45) is -1.42. The molecule has 2 N–H and O–H groups in total. The first-order valence-electron chi connectivity index (χ1n) is 5.10. The standard InChI is InChI=1S/C12H16O4/c1-7(2)16-10-5-4-9(6-8(10)3)11(13)12(14)15/h4-7,11,13H,1-3H3,(H,14,15). The van der Waals surface area contributed by atoms with Gasteiger partial charge in [0.2, 0.25) is 0 Å². The molecular weight excluding hydrogens is 208 g/mol. The molecule has 0 heterocycles. The number of rotatable bonds is 4. The van der Waals surface area contributed by atoms with Gasteiger partial charge >= 0.3 is 5.97 Å². The minimum Gasteiger partial charge on any atom is -0.491 e. The first-order valence-corrected chi connectivity index (χ1v) is 5.10. The zero-order valence-corrected chi connectivity index (χ0v) is 9.60. The number of carboxylic acid groups (broad SMARTS) is 1. The van der Waals surface area contributed by atoms with Crippen LogP contribution in [0.4, 0.5) is 0 Å². The minimum absolute atomic E-state index is 0.0638. The lowest BCUT2D eigenvalue weighted by molar-refractivity contribution is -0.146. The van der Waals surface area contributed by atoms with Gasteiger partial charge in [-0.3, -0.25) is 0 Å². The smallest absolute Gasteiger partial charge is 0.337 e. The number of ether oxygens (including phenoxy) is 1. The molecule has 0 saturated carbocycles. The van der Waals surface area contributed by atoms with E-state index in [4.69, 9.17) is 9.84 Å². The van der Waals surface area contributed by atoms with Gasteiger partial charge in [0, 0.05) is 0 Å². The molecular formula is C12H16O4. The van der Waals surface area contributed by atoms with Crippen molar-refractivity contribution in [1.82, 2.24) is 0 Å². The maximum Gasteiger partial charge on any atom is 0.337 e. The van der Waals surface area contributed by atoms with E-state index in [1.165, 1.54) is 0 Å². The summed E-state index contributed by atoms with van der Waals surface area (Å²) < 4.78 is 5.51. The molecule has 1 aromatic rings. The van der Waals surface area contributed by atoms with E-state index in [0.29, 0.717) is 11.3 Å². The molecule has 1 rings (SSSR count). The van der Waals surface area contributed by atoms with E-state index in [1.807, 2.05) is 20.8 Å². The van der Waals surface area contributed by atoms with Crippen molar-refractivity contribution >= 4 is 5.97 Å². The largest absolute Gasteiger partial charge is 0.491 e. The van der Waals surface area contributed by atoms with Crippen molar-refractivity contribution in [3.05, 3.63) is 29.3 Å². The number of aryl methyl sites for hydroxylation is 1. The Morgan fingerprint density at radius 3 is 2.44 bits per heavy atom. The van der Waals surface area contributed by atoms with Crippen molar-refractivity contribution in [2.45, 2.75) is 33.0 Å². The summed E-state index contributed by atoms with van der Waals surface area (Å²) in [6.45, 7) is 5.65. The Hall–Kier alpha value is -1.55. The first-order chi connectivity index (χ1) is 7.41. The third-order valence-electron chi connectivity index (χ3n) is 2.11. The molecule has 4 nitrogen and oxygen atoms in total. The highest BCUT2D eigenvalue weighted by atomic mass is 16.5. The number of hydrogen-bond donors (Lipinski definition) is 2. The summed E-state index contributed by atoms with van der Waals surface area (Å²) >= 11 is 0. The Bertz CT molecular complexity index is 385. The number of aliphatic hydroxyl groups is 1. The summed E-state index contributed by atoms with van der Waals surface area (Å²) in [5, 5.41) is 18.0. The second kappa shape index (κ2) is 4.99. The average molecular weight is 224 g/mol. The van der Waals surface area contributed by atoms with Gasteiger partial charge in [0.1, 0.15) is 5.75 Å². The predicted molar refractivity (Wildman–Crippen MR) is 59.5 cm³/mol. The van der Waals surface area contributed by atoms with Gasteiger partial charge in [-0.25, -0.2) is 4.79 Å². The molecule has 1 aromatic carbocycles. The fourth-order valence-corrected chi connectivity index (χ4v) is 1.37. The number of benzene rings is 1. The van der Waals surface area contributed by atoms with E-state index in [0.717, 1.165) is 5.56 Å². The van der Waals surface area contributed by atoms with E-state index in [-0.39, 0.29) is 6.10 Å². The zero-order chi connectivity index (χ0) is 12.3. The van der Waals surface area contributed by atoms with Gasteiger partial charge in [-0.2, -0.15) is 0 Å². The molecule has 1 unspecified atom stereocenters. The summed E-state index contributed by atoms with van der Waals surface area (Å²) in [5.41, 5.74) is 1.17. The Morgan fingerprint density at radius 1 is 1.38 bits per heavy atom. The third kappa shape index (κ3) is 2.97. The molecule has 0 spiro atoms. The van der Waals surface area contributed by atoms with Crippen LogP contribution in [0.15, 0.2) is 18.2 Å². The number of carboxylic acids is 1. The molecule has 1 atom stereocenters. The van der Waals surface area contributed by atoms with Crippen LogP contribution in [0.25, 0.3) is 0 Å². The number of carbonyl (C=O) groups is 1. The van der Waals surface area contributed by atoms with Crippen molar-refractivity contribution in [2.24, 2.45) is 0 Å². The topological polar surface area (TPSA) is 66.8 Å². The Kier molecular flexibility index (Phi) is 3.90. The third-order valence-corrected chi connectivity index (χ3v) is 2.11. The molecule has 16 heavy (non-hydrogen) atoms. The Labute approximate surface area is 94.5 Å². The molecule has 0 radical (unpaired) electrons.